The van der Waals surface area contributed by atoms with Crippen molar-refractivity contribution in [3.63, 3.8) is 0 Å². The van der Waals surface area contributed by atoms with E-state index in [1.165, 1.54) is 0 Å². The van der Waals surface area contributed by atoms with Gasteiger partial charge in [0.25, 0.3) is 0 Å². The number of likely N-dealkylation sites (tertiary alicyclic amines) is 1. The van der Waals surface area contributed by atoms with E-state index < -0.39 is 0 Å². The van der Waals surface area contributed by atoms with Crippen LogP contribution in [-0.2, 0) is 11.2 Å². The predicted molar refractivity (Wildman–Crippen MR) is 68.9 cm³/mol. The molecule has 1 aromatic carbocycles. The molecule has 0 bridgehead atoms. The highest BCUT2D eigenvalue weighted by Crippen LogP contribution is 2.14. The molecule has 0 spiro atoms. The number of benzene rings is 1. The van der Waals surface area contributed by atoms with Crippen molar-refractivity contribution in [2.24, 2.45) is 5.73 Å². The van der Waals surface area contributed by atoms with Crippen molar-refractivity contribution in [1.82, 2.24) is 4.90 Å². The summed E-state index contributed by atoms with van der Waals surface area (Å²) in [5.41, 5.74) is 6.88. The van der Waals surface area contributed by atoms with Crippen molar-refractivity contribution in [2.75, 3.05) is 13.1 Å². The van der Waals surface area contributed by atoms with E-state index >= 15 is 0 Å². The Morgan fingerprint density at radius 1 is 1.53 bits per heavy atom. The van der Waals surface area contributed by atoms with Gasteiger partial charge in [-0.15, -0.1) is 0 Å². The number of hydrogen-bond donors (Lipinski definition) is 1. The Kier molecular flexibility index (Phi) is 4.02. The maximum absolute atomic E-state index is 11.9. The van der Waals surface area contributed by atoms with Crippen LogP contribution in [0.5, 0.6) is 0 Å². The largest absolute Gasteiger partial charge is 0.341 e. The highest BCUT2D eigenvalue weighted by molar-refractivity contribution is 6.30. The number of nitrogens with zero attached hydrogens (tertiary/aromatic N) is 1. The van der Waals surface area contributed by atoms with E-state index in [0.29, 0.717) is 13.0 Å². The van der Waals surface area contributed by atoms with Crippen molar-refractivity contribution < 1.29 is 4.79 Å². The Labute approximate surface area is 107 Å². The summed E-state index contributed by atoms with van der Waals surface area (Å²) < 4.78 is 0. The van der Waals surface area contributed by atoms with Crippen LogP contribution < -0.4 is 5.73 Å². The standard InChI is InChI=1S/C13H17ClN2O/c14-11-3-1-2-10(8-11)4-5-13(17)16-7-6-12(15)9-16/h1-3,8,12H,4-7,9,15H2. The Morgan fingerprint density at radius 2 is 2.35 bits per heavy atom. The van der Waals surface area contributed by atoms with Gasteiger partial charge in [-0.25, -0.2) is 0 Å². The minimum atomic E-state index is 0.158. The molecule has 1 aromatic rings. The summed E-state index contributed by atoms with van der Waals surface area (Å²) in [7, 11) is 0. The number of rotatable bonds is 3. The summed E-state index contributed by atoms with van der Waals surface area (Å²) in [6.45, 7) is 1.50. The number of halogens is 1. The van der Waals surface area contributed by atoms with Gasteiger partial charge in [0.1, 0.15) is 0 Å². The zero-order chi connectivity index (χ0) is 12.3. The molecular weight excluding hydrogens is 236 g/mol. The van der Waals surface area contributed by atoms with Gasteiger partial charge in [-0.2, -0.15) is 0 Å². The van der Waals surface area contributed by atoms with E-state index in [9.17, 15) is 4.79 Å². The lowest BCUT2D eigenvalue weighted by Crippen LogP contribution is -2.31. The van der Waals surface area contributed by atoms with Crippen molar-refractivity contribution in [1.29, 1.82) is 0 Å². The second-order valence-electron chi connectivity index (χ2n) is 4.52. The van der Waals surface area contributed by atoms with E-state index in [1.807, 2.05) is 29.2 Å². The molecule has 0 radical (unpaired) electrons. The molecule has 1 fully saturated rings. The molecule has 0 saturated carbocycles. The van der Waals surface area contributed by atoms with Gasteiger partial charge in [-0.1, -0.05) is 23.7 Å². The van der Waals surface area contributed by atoms with Gasteiger partial charge >= 0.3 is 0 Å². The number of hydrogen-bond acceptors (Lipinski definition) is 2. The molecule has 3 nitrogen and oxygen atoms in total. The topological polar surface area (TPSA) is 46.3 Å². The summed E-state index contributed by atoms with van der Waals surface area (Å²) in [5, 5.41) is 0.721. The van der Waals surface area contributed by atoms with Crippen LogP contribution in [0.1, 0.15) is 18.4 Å². The first kappa shape index (κ1) is 12.4. The average Bonchev–Trinajstić information content (AvgIpc) is 2.73. The Balaban J connectivity index is 1.84. The number of nitrogens with two attached hydrogens (primary N) is 1. The van der Waals surface area contributed by atoms with Crippen molar-refractivity contribution in [3.8, 4) is 0 Å². The normalized spacial score (nSPS) is 19.6. The first-order valence-corrected chi connectivity index (χ1v) is 6.31. The molecule has 2 N–H and O–H groups in total. The maximum Gasteiger partial charge on any atom is 0.222 e. The molecule has 4 heteroatoms. The molecule has 0 aromatic heterocycles. The molecule has 1 amide bonds. The average molecular weight is 253 g/mol. The van der Waals surface area contributed by atoms with E-state index in [4.69, 9.17) is 17.3 Å². The molecule has 1 unspecified atom stereocenters. The zero-order valence-electron chi connectivity index (χ0n) is 9.73. The van der Waals surface area contributed by atoms with Crippen LogP contribution in [0.4, 0.5) is 0 Å². The fourth-order valence-electron chi connectivity index (χ4n) is 2.12. The second kappa shape index (κ2) is 5.52. The molecular formula is C13H17ClN2O. The van der Waals surface area contributed by atoms with Crippen LogP contribution in [0.2, 0.25) is 5.02 Å². The van der Waals surface area contributed by atoms with E-state index in [0.717, 1.165) is 30.0 Å². The lowest BCUT2D eigenvalue weighted by molar-refractivity contribution is -0.130. The summed E-state index contributed by atoms with van der Waals surface area (Å²) in [4.78, 5) is 13.7. The molecule has 1 heterocycles. The van der Waals surface area contributed by atoms with Crippen LogP contribution in [0.25, 0.3) is 0 Å². The van der Waals surface area contributed by atoms with Crippen molar-refractivity contribution in [3.05, 3.63) is 34.9 Å². The summed E-state index contributed by atoms with van der Waals surface area (Å²) in [6.07, 6.45) is 2.20. The molecule has 1 aliphatic rings. The molecule has 0 aliphatic carbocycles. The van der Waals surface area contributed by atoms with Gasteiger partial charge in [0.2, 0.25) is 5.91 Å². The van der Waals surface area contributed by atoms with E-state index in [1.54, 1.807) is 0 Å². The lowest BCUT2D eigenvalue weighted by atomic mass is 10.1. The maximum atomic E-state index is 11.9. The highest BCUT2D eigenvalue weighted by Gasteiger charge is 2.22. The number of amides is 1. The molecule has 1 saturated heterocycles. The van der Waals surface area contributed by atoms with E-state index in [-0.39, 0.29) is 11.9 Å². The second-order valence-corrected chi connectivity index (χ2v) is 4.95. The minimum absolute atomic E-state index is 0.158. The predicted octanol–water partition coefficient (Wildman–Crippen LogP) is 1.83. The first-order valence-electron chi connectivity index (χ1n) is 5.93. The minimum Gasteiger partial charge on any atom is -0.341 e. The Morgan fingerprint density at radius 3 is 3.00 bits per heavy atom. The fraction of sp³-hybridized carbons (Fsp3) is 0.462. The van der Waals surface area contributed by atoms with Crippen LogP contribution in [-0.4, -0.2) is 29.9 Å². The summed E-state index contributed by atoms with van der Waals surface area (Å²) in [6, 6.07) is 7.81. The van der Waals surface area contributed by atoms with Crippen LogP contribution in [0.3, 0.4) is 0 Å². The van der Waals surface area contributed by atoms with Gasteiger partial charge in [-0.05, 0) is 30.5 Å². The number of aryl methyl sites for hydroxylation is 1. The van der Waals surface area contributed by atoms with Gasteiger partial charge in [0.05, 0.1) is 0 Å². The summed E-state index contributed by atoms with van der Waals surface area (Å²) in [5.74, 6) is 0.193. The van der Waals surface area contributed by atoms with Gasteiger partial charge < -0.3 is 10.6 Å². The number of carbonyl (C=O) groups excluding carboxylic acids is 1. The lowest BCUT2D eigenvalue weighted by Gasteiger charge is -2.15. The third-order valence-electron chi connectivity index (χ3n) is 3.09. The van der Waals surface area contributed by atoms with Gasteiger partial charge in [-0.3, -0.25) is 4.79 Å². The number of carbonyl (C=O) groups is 1. The molecule has 92 valence electrons. The molecule has 17 heavy (non-hydrogen) atoms. The van der Waals surface area contributed by atoms with E-state index in [2.05, 4.69) is 0 Å². The third kappa shape index (κ3) is 3.45. The van der Waals surface area contributed by atoms with Crippen molar-refractivity contribution in [2.45, 2.75) is 25.3 Å². The first-order chi connectivity index (χ1) is 8.15. The molecule has 1 atom stereocenters. The molecule has 1 aliphatic heterocycles. The quantitative estimate of drug-likeness (QED) is 0.892. The van der Waals surface area contributed by atoms with Crippen LogP contribution in [0.15, 0.2) is 24.3 Å². The van der Waals surface area contributed by atoms with Crippen LogP contribution >= 0.6 is 11.6 Å². The zero-order valence-corrected chi connectivity index (χ0v) is 10.5. The monoisotopic (exact) mass is 252 g/mol. The smallest absolute Gasteiger partial charge is 0.222 e. The summed E-state index contributed by atoms with van der Waals surface area (Å²) >= 11 is 5.89. The van der Waals surface area contributed by atoms with Gasteiger partial charge in [0.15, 0.2) is 0 Å². The van der Waals surface area contributed by atoms with Crippen molar-refractivity contribution >= 4 is 17.5 Å². The Hall–Kier alpha value is -1.06. The third-order valence-corrected chi connectivity index (χ3v) is 3.33. The molecule has 2 rings (SSSR count). The fourth-order valence-corrected chi connectivity index (χ4v) is 2.33. The van der Waals surface area contributed by atoms with Crippen LogP contribution in [0, 0.1) is 0 Å². The highest BCUT2D eigenvalue weighted by atomic mass is 35.5. The Bertz CT molecular complexity index is 408. The van der Waals surface area contributed by atoms with Gasteiger partial charge in [0, 0.05) is 30.6 Å². The SMILES string of the molecule is NC1CCN(C(=O)CCc2cccc(Cl)c2)C1.